The quantitative estimate of drug-likeness (QED) is 0.780. The van der Waals surface area contributed by atoms with Crippen LogP contribution in [-0.2, 0) is 17.9 Å². The van der Waals surface area contributed by atoms with Crippen molar-refractivity contribution in [3.63, 3.8) is 0 Å². The Labute approximate surface area is 117 Å². The van der Waals surface area contributed by atoms with Gasteiger partial charge in [-0.3, -0.25) is 0 Å². The van der Waals surface area contributed by atoms with Crippen molar-refractivity contribution in [3.05, 3.63) is 35.4 Å². The van der Waals surface area contributed by atoms with E-state index in [9.17, 15) is 0 Å². The van der Waals surface area contributed by atoms with Gasteiger partial charge in [-0.05, 0) is 30.5 Å². The van der Waals surface area contributed by atoms with E-state index >= 15 is 0 Å². The summed E-state index contributed by atoms with van der Waals surface area (Å²) in [5, 5.41) is 3.40. The molecule has 1 aliphatic rings. The Hall–Kier alpha value is -0.860. The zero-order chi connectivity index (χ0) is 13.3. The second-order valence-electron chi connectivity index (χ2n) is 5.47. The van der Waals surface area contributed by atoms with Crippen molar-refractivity contribution in [2.24, 2.45) is 0 Å². The molecule has 0 unspecified atom stereocenters. The topological polar surface area (TPSA) is 21.3 Å². The largest absolute Gasteiger partial charge is 0.374 e. The Morgan fingerprint density at radius 1 is 1.05 bits per heavy atom. The van der Waals surface area contributed by atoms with Crippen LogP contribution in [0.5, 0.6) is 0 Å². The van der Waals surface area contributed by atoms with Gasteiger partial charge >= 0.3 is 0 Å². The highest BCUT2D eigenvalue weighted by Crippen LogP contribution is 2.21. The molecule has 1 aromatic carbocycles. The first-order chi connectivity index (χ1) is 9.40. The molecule has 0 bridgehead atoms. The van der Waals surface area contributed by atoms with Crippen LogP contribution in [0.25, 0.3) is 0 Å². The SMILES string of the molecule is CCNCc1ccccc1COC1CCCCCC1. The molecule has 1 N–H and O–H groups in total. The summed E-state index contributed by atoms with van der Waals surface area (Å²) in [4.78, 5) is 0. The minimum absolute atomic E-state index is 0.481. The third-order valence-corrected chi connectivity index (χ3v) is 3.96. The maximum atomic E-state index is 6.14. The zero-order valence-corrected chi connectivity index (χ0v) is 12.2. The van der Waals surface area contributed by atoms with Crippen LogP contribution >= 0.6 is 0 Å². The highest BCUT2D eigenvalue weighted by atomic mass is 16.5. The summed E-state index contributed by atoms with van der Waals surface area (Å²) in [7, 11) is 0. The fraction of sp³-hybridized carbons (Fsp3) is 0.647. The van der Waals surface area contributed by atoms with Gasteiger partial charge in [-0.1, -0.05) is 56.9 Å². The van der Waals surface area contributed by atoms with Crippen LogP contribution in [0.3, 0.4) is 0 Å². The fourth-order valence-corrected chi connectivity index (χ4v) is 2.75. The van der Waals surface area contributed by atoms with E-state index in [2.05, 4.69) is 36.5 Å². The molecule has 2 heteroatoms. The minimum Gasteiger partial charge on any atom is -0.374 e. The van der Waals surface area contributed by atoms with Crippen molar-refractivity contribution in [2.75, 3.05) is 6.54 Å². The second kappa shape index (κ2) is 8.34. The van der Waals surface area contributed by atoms with Crippen molar-refractivity contribution in [2.45, 2.75) is 64.7 Å². The van der Waals surface area contributed by atoms with Crippen LogP contribution in [0.15, 0.2) is 24.3 Å². The number of hydrogen-bond donors (Lipinski definition) is 1. The predicted molar refractivity (Wildman–Crippen MR) is 80.1 cm³/mol. The van der Waals surface area contributed by atoms with E-state index in [0.29, 0.717) is 6.10 Å². The zero-order valence-electron chi connectivity index (χ0n) is 12.2. The fourth-order valence-electron chi connectivity index (χ4n) is 2.75. The van der Waals surface area contributed by atoms with Crippen molar-refractivity contribution in [3.8, 4) is 0 Å². The Morgan fingerprint density at radius 2 is 1.74 bits per heavy atom. The summed E-state index contributed by atoms with van der Waals surface area (Å²) in [5.41, 5.74) is 2.71. The molecule has 0 atom stereocenters. The summed E-state index contributed by atoms with van der Waals surface area (Å²) in [6.45, 7) is 4.87. The van der Waals surface area contributed by atoms with Crippen LogP contribution in [0.4, 0.5) is 0 Å². The van der Waals surface area contributed by atoms with Gasteiger partial charge in [0.2, 0.25) is 0 Å². The summed E-state index contributed by atoms with van der Waals surface area (Å²) in [5.74, 6) is 0. The monoisotopic (exact) mass is 261 g/mol. The molecule has 2 nitrogen and oxygen atoms in total. The number of ether oxygens (including phenoxy) is 1. The van der Waals surface area contributed by atoms with Gasteiger partial charge in [0.25, 0.3) is 0 Å². The van der Waals surface area contributed by atoms with Crippen molar-refractivity contribution < 1.29 is 4.74 Å². The van der Waals surface area contributed by atoms with Gasteiger partial charge in [0, 0.05) is 6.54 Å². The molecule has 2 rings (SSSR count). The Kier molecular flexibility index (Phi) is 6.38. The predicted octanol–water partition coefficient (Wildman–Crippen LogP) is 4.04. The molecule has 0 spiro atoms. The lowest BCUT2D eigenvalue weighted by Crippen LogP contribution is -2.15. The van der Waals surface area contributed by atoms with E-state index in [4.69, 9.17) is 4.74 Å². The Morgan fingerprint density at radius 3 is 2.42 bits per heavy atom. The summed E-state index contributed by atoms with van der Waals surface area (Å²) in [6, 6.07) is 8.63. The molecule has 106 valence electrons. The number of hydrogen-bond acceptors (Lipinski definition) is 2. The third kappa shape index (κ3) is 4.96. The van der Waals surface area contributed by atoms with Crippen LogP contribution in [0.2, 0.25) is 0 Å². The molecule has 1 saturated carbocycles. The maximum absolute atomic E-state index is 6.14. The first-order valence-electron chi connectivity index (χ1n) is 7.79. The molecular formula is C17H27NO. The van der Waals surface area contributed by atoms with Crippen LogP contribution in [0, 0.1) is 0 Å². The van der Waals surface area contributed by atoms with Gasteiger partial charge < -0.3 is 10.1 Å². The first-order valence-corrected chi connectivity index (χ1v) is 7.79. The molecule has 1 aliphatic carbocycles. The summed E-state index contributed by atoms with van der Waals surface area (Å²) < 4.78 is 6.14. The van der Waals surface area contributed by atoms with Gasteiger partial charge in [0.15, 0.2) is 0 Å². The Balaban J connectivity index is 1.87. The smallest absolute Gasteiger partial charge is 0.0723 e. The minimum atomic E-state index is 0.481. The number of benzene rings is 1. The maximum Gasteiger partial charge on any atom is 0.0723 e. The molecule has 0 aliphatic heterocycles. The van der Waals surface area contributed by atoms with E-state index in [0.717, 1.165) is 19.7 Å². The molecule has 1 aromatic rings. The van der Waals surface area contributed by atoms with Crippen molar-refractivity contribution >= 4 is 0 Å². The number of rotatable bonds is 6. The standard InChI is InChI=1S/C17H27NO/c1-2-18-13-15-9-7-8-10-16(15)14-19-17-11-5-3-4-6-12-17/h7-10,17-18H,2-6,11-14H2,1H3. The normalized spacial score (nSPS) is 17.3. The third-order valence-electron chi connectivity index (χ3n) is 3.96. The number of nitrogens with one attached hydrogen (secondary N) is 1. The van der Waals surface area contributed by atoms with E-state index in [1.165, 1.54) is 49.7 Å². The van der Waals surface area contributed by atoms with Gasteiger partial charge in [0.1, 0.15) is 0 Å². The molecule has 0 aromatic heterocycles. The molecular weight excluding hydrogens is 234 g/mol. The highest BCUT2D eigenvalue weighted by Gasteiger charge is 2.13. The molecule has 0 saturated heterocycles. The highest BCUT2D eigenvalue weighted by molar-refractivity contribution is 5.26. The molecule has 0 amide bonds. The Bertz CT molecular complexity index is 356. The first kappa shape index (κ1) is 14.5. The second-order valence-corrected chi connectivity index (χ2v) is 5.47. The lowest BCUT2D eigenvalue weighted by molar-refractivity contribution is 0.0306. The van der Waals surface area contributed by atoms with E-state index in [-0.39, 0.29) is 0 Å². The van der Waals surface area contributed by atoms with E-state index in [1.807, 2.05) is 0 Å². The molecule has 0 radical (unpaired) electrons. The van der Waals surface area contributed by atoms with Crippen molar-refractivity contribution in [1.29, 1.82) is 0 Å². The summed E-state index contributed by atoms with van der Waals surface area (Å²) >= 11 is 0. The average molecular weight is 261 g/mol. The van der Waals surface area contributed by atoms with Crippen LogP contribution in [0.1, 0.15) is 56.6 Å². The molecule has 1 fully saturated rings. The van der Waals surface area contributed by atoms with Crippen molar-refractivity contribution in [1.82, 2.24) is 5.32 Å². The average Bonchev–Trinajstić information content (AvgIpc) is 2.72. The van der Waals surface area contributed by atoms with Gasteiger partial charge in [-0.25, -0.2) is 0 Å². The van der Waals surface area contributed by atoms with Gasteiger partial charge in [-0.2, -0.15) is 0 Å². The van der Waals surface area contributed by atoms with E-state index in [1.54, 1.807) is 0 Å². The van der Waals surface area contributed by atoms with Crippen LogP contribution in [-0.4, -0.2) is 12.6 Å². The van der Waals surface area contributed by atoms with Gasteiger partial charge in [-0.15, -0.1) is 0 Å². The van der Waals surface area contributed by atoms with E-state index < -0.39 is 0 Å². The molecule has 19 heavy (non-hydrogen) atoms. The lowest BCUT2D eigenvalue weighted by Gasteiger charge is -2.17. The van der Waals surface area contributed by atoms with Crippen LogP contribution < -0.4 is 5.32 Å². The molecule has 0 heterocycles. The lowest BCUT2D eigenvalue weighted by atomic mass is 10.1. The summed E-state index contributed by atoms with van der Waals surface area (Å²) in [6.07, 6.45) is 8.42. The van der Waals surface area contributed by atoms with Gasteiger partial charge in [0.05, 0.1) is 12.7 Å².